The lowest BCUT2D eigenvalue weighted by atomic mass is 10.1. The Hall–Kier alpha value is -2.21. The Morgan fingerprint density at radius 3 is 2.55 bits per heavy atom. The van der Waals surface area contributed by atoms with Crippen LogP contribution in [0.1, 0.15) is 26.2 Å². The number of nitrogens with one attached hydrogen (secondary N) is 1. The molecule has 1 unspecified atom stereocenters. The minimum atomic E-state index is -0.0763. The summed E-state index contributed by atoms with van der Waals surface area (Å²) in [7, 11) is 0. The Kier molecular flexibility index (Phi) is 4.84. The minimum Gasteiger partial charge on any atom is -0.327 e. The average molecular weight is 273 g/mol. The summed E-state index contributed by atoms with van der Waals surface area (Å²) < 4.78 is 0. The molecule has 0 aliphatic rings. The van der Waals surface area contributed by atoms with Crippen molar-refractivity contribution < 1.29 is 4.79 Å². The highest BCUT2D eigenvalue weighted by Crippen LogP contribution is 2.12. The summed E-state index contributed by atoms with van der Waals surface area (Å²) in [5.74, 6) is -0.0593. The zero-order chi connectivity index (χ0) is 14.4. The fraction of sp³-hybridized carbons (Fsp3) is 0.357. The van der Waals surface area contributed by atoms with Crippen LogP contribution in [-0.4, -0.2) is 26.9 Å². The molecule has 0 spiro atoms. The first-order valence-corrected chi connectivity index (χ1v) is 6.71. The predicted octanol–water partition coefficient (Wildman–Crippen LogP) is 1.72. The molecule has 20 heavy (non-hydrogen) atoms. The second-order valence-corrected chi connectivity index (χ2v) is 4.67. The fourth-order valence-corrected chi connectivity index (χ4v) is 1.95. The number of nitrogens with zero attached hydrogens (tertiary/aromatic N) is 3. The monoisotopic (exact) mass is 273 g/mol. The zero-order valence-corrected chi connectivity index (χ0v) is 11.5. The molecule has 2 aromatic rings. The Morgan fingerprint density at radius 2 is 1.95 bits per heavy atom. The lowest BCUT2D eigenvalue weighted by Crippen LogP contribution is -2.26. The highest BCUT2D eigenvalue weighted by Gasteiger charge is 2.09. The molecule has 0 fully saturated rings. The van der Waals surface area contributed by atoms with Crippen molar-refractivity contribution >= 4 is 11.6 Å². The fourth-order valence-electron chi connectivity index (χ4n) is 1.95. The third kappa shape index (κ3) is 3.89. The van der Waals surface area contributed by atoms with Gasteiger partial charge in [0.1, 0.15) is 0 Å². The van der Waals surface area contributed by atoms with E-state index in [-0.39, 0.29) is 11.9 Å². The first kappa shape index (κ1) is 14.2. The zero-order valence-electron chi connectivity index (χ0n) is 11.5. The second-order valence-electron chi connectivity index (χ2n) is 4.67. The van der Waals surface area contributed by atoms with Crippen molar-refractivity contribution in [3.05, 3.63) is 36.7 Å². The average Bonchev–Trinajstić information content (AvgIpc) is 2.93. The van der Waals surface area contributed by atoms with E-state index >= 15 is 0 Å². The van der Waals surface area contributed by atoms with Crippen molar-refractivity contribution in [2.45, 2.75) is 32.2 Å². The Balaban J connectivity index is 1.92. The van der Waals surface area contributed by atoms with Crippen molar-refractivity contribution in [1.82, 2.24) is 15.0 Å². The van der Waals surface area contributed by atoms with Crippen LogP contribution in [0, 0.1) is 0 Å². The number of anilines is 1. The van der Waals surface area contributed by atoms with Crippen LogP contribution in [0.2, 0.25) is 0 Å². The summed E-state index contributed by atoms with van der Waals surface area (Å²) in [6, 6.07) is 7.26. The van der Waals surface area contributed by atoms with Gasteiger partial charge in [-0.25, -0.2) is 0 Å². The van der Waals surface area contributed by atoms with Gasteiger partial charge >= 0.3 is 0 Å². The lowest BCUT2D eigenvalue weighted by molar-refractivity contribution is -0.116. The summed E-state index contributed by atoms with van der Waals surface area (Å²) in [6.45, 7) is 2.06. The van der Waals surface area contributed by atoms with Gasteiger partial charge in [0.15, 0.2) is 0 Å². The van der Waals surface area contributed by atoms with E-state index in [1.54, 1.807) is 12.4 Å². The summed E-state index contributed by atoms with van der Waals surface area (Å²) >= 11 is 0. The molecule has 0 aliphatic heterocycles. The summed E-state index contributed by atoms with van der Waals surface area (Å²) in [6.07, 6.45) is 5.42. The first-order chi connectivity index (χ1) is 9.69. The molecule has 0 bridgehead atoms. The summed E-state index contributed by atoms with van der Waals surface area (Å²) in [5, 5.41) is 10.9. The number of rotatable bonds is 6. The molecule has 0 aliphatic carbocycles. The molecule has 2 rings (SSSR count). The van der Waals surface area contributed by atoms with E-state index in [2.05, 4.69) is 22.4 Å². The number of nitrogens with two attached hydrogens (primary N) is 1. The molecule has 1 heterocycles. The van der Waals surface area contributed by atoms with E-state index in [1.807, 2.05) is 24.3 Å². The highest BCUT2D eigenvalue weighted by atomic mass is 16.1. The highest BCUT2D eigenvalue weighted by molar-refractivity contribution is 5.91. The lowest BCUT2D eigenvalue weighted by Gasteiger charge is -2.10. The summed E-state index contributed by atoms with van der Waals surface area (Å²) in [5.41, 5.74) is 7.43. The Bertz CT molecular complexity index is 535. The molecule has 1 aromatic heterocycles. The third-order valence-corrected chi connectivity index (χ3v) is 2.91. The largest absolute Gasteiger partial charge is 0.327 e. The van der Waals surface area contributed by atoms with Crippen LogP contribution in [0.3, 0.4) is 0 Å². The first-order valence-electron chi connectivity index (χ1n) is 6.71. The van der Waals surface area contributed by atoms with Gasteiger partial charge in [0.2, 0.25) is 5.91 Å². The van der Waals surface area contributed by atoms with E-state index in [0.29, 0.717) is 6.42 Å². The van der Waals surface area contributed by atoms with Crippen molar-refractivity contribution in [2.24, 2.45) is 5.73 Å². The SMILES string of the molecule is CCCC(N)CC(=O)Nc1ccc(-n2nccn2)cc1. The molecule has 0 saturated carbocycles. The smallest absolute Gasteiger partial charge is 0.225 e. The van der Waals surface area contributed by atoms with Gasteiger partial charge in [-0.2, -0.15) is 15.0 Å². The van der Waals surface area contributed by atoms with E-state index in [0.717, 1.165) is 24.2 Å². The Labute approximate surface area is 118 Å². The van der Waals surface area contributed by atoms with Crippen LogP contribution in [0.4, 0.5) is 5.69 Å². The van der Waals surface area contributed by atoms with Crippen LogP contribution in [-0.2, 0) is 4.79 Å². The van der Waals surface area contributed by atoms with Gasteiger partial charge in [-0.05, 0) is 30.7 Å². The van der Waals surface area contributed by atoms with Gasteiger partial charge in [0.25, 0.3) is 0 Å². The van der Waals surface area contributed by atoms with Crippen LogP contribution >= 0.6 is 0 Å². The number of carbonyl (C=O) groups excluding carboxylic acids is 1. The molecule has 106 valence electrons. The normalized spacial score (nSPS) is 12.1. The van der Waals surface area contributed by atoms with Gasteiger partial charge in [-0.15, -0.1) is 0 Å². The maximum Gasteiger partial charge on any atom is 0.225 e. The maximum absolute atomic E-state index is 11.8. The van der Waals surface area contributed by atoms with E-state index < -0.39 is 0 Å². The van der Waals surface area contributed by atoms with Crippen molar-refractivity contribution in [3.8, 4) is 5.69 Å². The van der Waals surface area contributed by atoms with Crippen LogP contribution in [0.25, 0.3) is 5.69 Å². The van der Waals surface area contributed by atoms with E-state index in [4.69, 9.17) is 5.73 Å². The van der Waals surface area contributed by atoms with Crippen molar-refractivity contribution in [2.75, 3.05) is 5.32 Å². The molecule has 1 atom stereocenters. The summed E-state index contributed by atoms with van der Waals surface area (Å²) in [4.78, 5) is 13.3. The Morgan fingerprint density at radius 1 is 1.30 bits per heavy atom. The standard InChI is InChI=1S/C14H19N5O/c1-2-3-11(15)10-14(20)18-12-4-6-13(7-5-12)19-16-8-9-17-19/h4-9,11H,2-3,10,15H2,1H3,(H,18,20). The second kappa shape index (κ2) is 6.81. The van der Waals surface area contributed by atoms with Crippen molar-refractivity contribution in [1.29, 1.82) is 0 Å². The van der Waals surface area contributed by atoms with Crippen LogP contribution in [0.15, 0.2) is 36.7 Å². The molecule has 1 amide bonds. The molecular formula is C14H19N5O. The maximum atomic E-state index is 11.8. The van der Waals surface area contributed by atoms with Gasteiger partial charge in [-0.3, -0.25) is 4.79 Å². The molecule has 0 radical (unpaired) electrons. The predicted molar refractivity (Wildman–Crippen MR) is 77.5 cm³/mol. The van der Waals surface area contributed by atoms with E-state index in [1.165, 1.54) is 4.80 Å². The molecule has 3 N–H and O–H groups in total. The number of carbonyl (C=O) groups is 1. The van der Waals surface area contributed by atoms with Gasteiger partial charge in [0, 0.05) is 18.2 Å². The quantitative estimate of drug-likeness (QED) is 0.839. The number of hydrogen-bond acceptors (Lipinski definition) is 4. The molecule has 6 heteroatoms. The number of hydrogen-bond donors (Lipinski definition) is 2. The van der Waals surface area contributed by atoms with Crippen molar-refractivity contribution in [3.63, 3.8) is 0 Å². The third-order valence-electron chi connectivity index (χ3n) is 2.91. The van der Waals surface area contributed by atoms with Gasteiger partial charge in [-0.1, -0.05) is 13.3 Å². The van der Waals surface area contributed by atoms with E-state index in [9.17, 15) is 4.79 Å². The molecule has 6 nitrogen and oxygen atoms in total. The number of benzene rings is 1. The molecule has 0 saturated heterocycles. The number of amides is 1. The molecule has 1 aromatic carbocycles. The van der Waals surface area contributed by atoms with Gasteiger partial charge in [0.05, 0.1) is 18.1 Å². The number of aromatic nitrogens is 3. The topological polar surface area (TPSA) is 85.8 Å². The van der Waals surface area contributed by atoms with Gasteiger partial charge < -0.3 is 11.1 Å². The van der Waals surface area contributed by atoms with Crippen LogP contribution in [0.5, 0.6) is 0 Å². The van der Waals surface area contributed by atoms with Crippen LogP contribution < -0.4 is 11.1 Å². The molecular weight excluding hydrogens is 254 g/mol. The minimum absolute atomic E-state index is 0.0593.